The molecule has 0 bridgehead atoms. The summed E-state index contributed by atoms with van der Waals surface area (Å²) in [4.78, 5) is 34.0. The molecule has 1 N–H and O–H groups in total. The molecule has 10 heteroatoms. The van der Waals surface area contributed by atoms with Gasteiger partial charge in [0.15, 0.2) is 0 Å². The zero-order valence-corrected chi connectivity index (χ0v) is 19.9. The summed E-state index contributed by atoms with van der Waals surface area (Å²) in [5.41, 5.74) is 0.430. The molecule has 0 unspecified atom stereocenters. The van der Waals surface area contributed by atoms with Crippen molar-refractivity contribution in [3.8, 4) is 0 Å². The fraction of sp³-hybridized carbons (Fsp3) is 0.240. The summed E-state index contributed by atoms with van der Waals surface area (Å²) in [5.74, 6) is -0.0466. The first-order chi connectivity index (χ1) is 16.8. The van der Waals surface area contributed by atoms with Crippen molar-refractivity contribution >= 4 is 37.7 Å². The maximum atomic E-state index is 13.2. The molecule has 0 radical (unpaired) electrons. The summed E-state index contributed by atoms with van der Waals surface area (Å²) in [6.07, 6.45) is 0. The van der Waals surface area contributed by atoms with Crippen molar-refractivity contribution in [2.45, 2.75) is 11.4 Å². The van der Waals surface area contributed by atoms with Crippen LogP contribution in [0.15, 0.2) is 70.4 Å². The highest BCUT2D eigenvalue weighted by Crippen LogP contribution is 2.23. The minimum atomic E-state index is -3.61. The van der Waals surface area contributed by atoms with Gasteiger partial charge in [0.25, 0.3) is 5.56 Å². The first kappa shape index (κ1) is 23.2. The first-order valence-corrected chi connectivity index (χ1v) is 12.6. The van der Waals surface area contributed by atoms with Crippen LogP contribution in [-0.2, 0) is 21.3 Å². The second kappa shape index (κ2) is 9.21. The van der Waals surface area contributed by atoms with E-state index in [4.69, 9.17) is 4.74 Å². The average molecular weight is 493 g/mol. The van der Waals surface area contributed by atoms with Crippen LogP contribution in [0.2, 0.25) is 0 Å². The van der Waals surface area contributed by atoms with Crippen LogP contribution in [0.5, 0.6) is 0 Å². The normalized spacial score (nSPS) is 15.5. The zero-order chi connectivity index (χ0) is 24.6. The lowest BCUT2D eigenvalue weighted by Gasteiger charge is -2.33. The molecule has 4 aromatic rings. The number of rotatable bonds is 5. The van der Waals surface area contributed by atoms with Crippen molar-refractivity contribution < 1.29 is 17.9 Å². The molecule has 1 aromatic heterocycles. The molecule has 0 spiro atoms. The van der Waals surface area contributed by atoms with Gasteiger partial charge < -0.3 is 9.72 Å². The monoisotopic (exact) mass is 492 g/mol. The molecule has 1 aliphatic rings. The highest BCUT2D eigenvalue weighted by molar-refractivity contribution is 7.89. The van der Waals surface area contributed by atoms with E-state index < -0.39 is 16.0 Å². The molecular formula is C25H24N4O5S. The van der Waals surface area contributed by atoms with Crippen molar-refractivity contribution in [3.63, 3.8) is 0 Å². The van der Waals surface area contributed by atoms with E-state index in [1.165, 1.54) is 23.5 Å². The topological polar surface area (TPSA) is 113 Å². The Labute approximate surface area is 202 Å². The molecule has 5 rings (SSSR count). The maximum absolute atomic E-state index is 13.2. The molecule has 3 aromatic carbocycles. The van der Waals surface area contributed by atoms with Crippen LogP contribution in [0, 0.1) is 0 Å². The molecule has 2 heterocycles. The van der Waals surface area contributed by atoms with Crippen molar-refractivity contribution in [1.29, 1.82) is 0 Å². The number of fused-ring (bicyclic) bond motifs is 2. The molecule has 180 valence electrons. The molecule has 0 saturated carbocycles. The second-order valence-electron chi connectivity index (χ2n) is 8.43. The van der Waals surface area contributed by atoms with Crippen LogP contribution in [0.25, 0.3) is 21.7 Å². The number of H-pyrrole nitrogens is 1. The zero-order valence-electron chi connectivity index (χ0n) is 19.1. The molecule has 1 fully saturated rings. The van der Waals surface area contributed by atoms with E-state index in [0.29, 0.717) is 55.0 Å². The highest BCUT2D eigenvalue weighted by Gasteiger charge is 2.29. The van der Waals surface area contributed by atoms with E-state index in [1.807, 2.05) is 35.2 Å². The van der Waals surface area contributed by atoms with Crippen LogP contribution in [0.4, 0.5) is 0 Å². The molecular weight excluding hydrogens is 468 g/mol. The number of ether oxygens (including phenoxy) is 1. The second-order valence-corrected chi connectivity index (χ2v) is 10.4. The molecule has 0 atom stereocenters. The Kier molecular flexibility index (Phi) is 6.10. The van der Waals surface area contributed by atoms with Gasteiger partial charge in [-0.15, -0.1) is 0 Å². The van der Waals surface area contributed by atoms with E-state index in [0.717, 1.165) is 10.8 Å². The van der Waals surface area contributed by atoms with Gasteiger partial charge in [-0.3, -0.25) is 9.69 Å². The van der Waals surface area contributed by atoms with E-state index >= 15 is 0 Å². The molecule has 9 nitrogen and oxygen atoms in total. The number of sulfonamides is 1. The summed E-state index contributed by atoms with van der Waals surface area (Å²) >= 11 is 0. The number of nitrogens with zero attached hydrogens (tertiary/aromatic N) is 3. The van der Waals surface area contributed by atoms with Crippen LogP contribution in [-0.4, -0.2) is 66.8 Å². The van der Waals surface area contributed by atoms with Gasteiger partial charge in [-0.1, -0.05) is 30.3 Å². The summed E-state index contributed by atoms with van der Waals surface area (Å²) < 4.78 is 32.7. The van der Waals surface area contributed by atoms with Gasteiger partial charge in [0.2, 0.25) is 10.0 Å². The van der Waals surface area contributed by atoms with Crippen molar-refractivity contribution in [2.75, 3.05) is 33.3 Å². The molecule has 0 aliphatic carbocycles. The maximum Gasteiger partial charge on any atom is 0.337 e. The van der Waals surface area contributed by atoms with Crippen molar-refractivity contribution in [1.82, 2.24) is 19.2 Å². The number of aromatic nitrogens is 2. The molecule has 0 amide bonds. The van der Waals surface area contributed by atoms with Crippen LogP contribution in [0.1, 0.15) is 16.2 Å². The lowest BCUT2D eigenvalue weighted by molar-refractivity contribution is 0.0601. The van der Waals surface area contributed by atoms with Gasteiger partial charge in [0.1, 0.15) is 5.82 Å². The number of benzene rings is 3. The van der Waals surface area contributed by atoms with Crippen LogP contribution < -0.4 is 5.56 Å². The summed E-state index contributed by atoms with van der Waals surface area (Å²) in [7, 11) is -2.32. The first-order valence-electron chi connectivity index (χ1n) is 11.2. The molecule has 1 aliphatic heterocycles. The average Bonchev–Trinajstić information content (AvgIpc) is 2.88. The Morgan fingerprint density at radius 2 is 1.74 bits per heavy atom. The lowest BCUT2D eigenvalue weighted by Crippen LogP contribution is -2.48. The SMILES string of the molecule is COC(=O)c1ccc2c(=O)[nH]c(CN3CCN(S(=O)(=O)c4ccc5ccccc5c4)CC3)nc2c1. The summed E-state index contributed by atoms with van der Waals surface area (Å²) in [5, 5.41) is 2.26. The third-order valence-corrected chi connectivity index (χ3v) is 8.13. The minimum Gasteiger partial charge on any atom is -0.465 e. The predicted octanol–water partition coefficient (Wildman–Crippen LogP) is 2.37. The van der Waals surface area contributed by atoms with E-state index in [1.54, 1.807) is 18.2 Å². The van der Waals surface area contributed by atoms with Crippen LogP contribution in [0.3, 0.4) is 0 Å². The summed E-state index contributed by atoms with van der Waals surface area (Å²) in [6, 6.07) is 17.5. The standard InChI is InChI=1S/C25H24N4O5S/c1-34-25(31)19-7-9-21-22(15-19)26-23(27-24(21)30)16-28-10-12-29(13-11-28)35(32,33)20-8-6-17-4-2-3-5-18(17)14-20/h2-9,14-15H,10-13,16H2,1H3,(H,26,27,30). The number of carbonyl (C=O) groups excluding carboxylic acids is 1. The van der Waals surface area contributed by atoms with Gasteiger partial charge >= 0.3 is 5.97 Å². The van der Waals surface area contributed by atoms with E-state index in [2.05, 4.69) is 9.97 Å². The number of aromatic amines is 1. The smallest absolute Gasteiger partial charge is 0.337 e. The van der Waals surface area contributed by atoms with Crippen molar-refractivity contribution in [3.05, 3.63) is 82.4 Å². The number of piperazine rings is 1. The fourth-order valence-corrected chi connectivity index (χ4v) is 5.78. The Morgan fingerprint density at radius 1 is 1.00 bits per heavy atom. The minimum absolute atomic E-state index is 0.284. The van der Waals surface area contributed by atoms with Crippen molar-refractivity contribution in [2.24, 2.45) is 0 Å². The van der Waals surface area contributed by atoms with E-state index in [-0.39, 0.29) is 10.5 Å². The van der Waals surface area contributed by atoms with Gasteiger partial charge in [-0.2, -0.15) is 4.31 Å². The number of methoxy groups -OCH3 is 1. The lowest BCUT2D eigenvalue weighted by atomic mass is 10.1. The highest BCUT2D eigenvalue weighted by atomic mass is 32.2. The number of carbonyl (C=O) groups is 1. The Balaban J connectivity index is 1.30. The fourth-order valence-electron chi connectivity index (χ4n) is 4.32. The summed E-state index contributed by atoms with van der Waals surface area (Å²) in [6.45, 7) is 2.02. The Hall–Kier alpha value is -3.60. The van der Waals surface area contributed by atoms with E-state index in [9.17, 15) is 18.0 Å². The quantitative estimate of drug-likeness (QED) is 0.426. The van der Waals surface area contributed by atoms with Gasteiger partial charge in [0, 0.05) is 26.2 Å². The third-order valence-electron chi connectivity index (χ3n) is 6.24. The number of esters is 1. The van der Waals surface area contributed by atoms with Gasteiger partial charge in [-0.25, -0.2) is 18.2 Å². The molecule has 1 saturated heterocycles. The molecule has 35 heavy (non-hydrogen) atoms. The predicted molar refractivity (Wildman–Crippen MR) is 132 cm³/mol. The number of hydrogen-bond acceptors (Lipinski definition) is 7. The van der Waals surface area contributed by atoms with Crippen LogP contribution >= 0.6 is 0 Å². The Bertz CT molecular complexity index is 1590. The van der Waals surface area contributed by atoms with Gasteiger partial charge in [0.05, 0.1) is 35.0 Å². The van der Waals surface area contributed by atoms with Gasteiger partial charge in [-0.05, 0) is 41.1 Å². The largest absolute Gasteiger partial charge is 0.465 e. The Morgan fingerprint density at radius 3 is 2.49 bits per heavy atom. The third kappa shape index (κ3) is 4.55. The number of hydrogen-bond donors (Lipinski definition) is 1. The number of nitrogens with one attached hydrogen (secondary N) is 1.